The van der Waals surface area contributed by atoms with Crippen LogP contribution in [0.2, 0.25) is 0 Å². The van der Waals surface area contributed by atoms with E-state index < -0.39 is 17.7 Å². The van der Waals surface area contributed by atoms with Crippen molar-refractivity contribution in [3.05, 3.63) is 0 Å². The summed E-state index contributed by atoms with van der Waals surface area (Å²) in [6.45, 7) is 8.41. The molecule has 0 aliphatic carbocycles. The maximum Gasteiger partial charge on any atom is 0.408 e. The number of carbonyl (C=O) groups is 2. The van der Waals surface area contributed by atoms with Gasteiger partial charge in [0, 0.05) is 6.54 Å². The summed E-state index contributed by atoms with van der Waals surface area (Å²) in [5.41, 5.74) is -0.571. The molecule has 0 saturated carbocycles. The SMILES string of the molecule is CCCCCCCCCCCCCCCCCCNC(=O)C(CCSC)NC(=O)OC(C)(C)C. The molecule has 0 saturated heterocycles. The summed E-state index contributed by atoms with van der Waals surface area (Å²) in [6.07, 6.45) is 23.5. The highest BCUT2D eigenvalue weighted by atomic mass is 32.2. The van der Waals surface area contributed by atoms with Crippen LogP contribution in [-0.2, 0) is 9.53 Å². The van der Waals surface area contributed by atoms with Crippen molar-refractivity contribution in [1.82, 2.24) is 10.6 Å². The maximum atomic E-state index is 12.5. The fourth-order valence-electron chi connectivity index (χ4n) is 3.96. The molecule has 0 aromatic carbocycles. The van der Waals surface area contributed by atoms with Crippen molar-refractivity contribution in [2.24, 2.45) is 0 Å². The first kappa shape index (κ1) is 33.1. The summed E-state index contributed by atoms with van der Waals surface area (Å²) in [5, 5.41) is 5.72. The van der Waals surface area contributed by atoms with Crippen molar-refractivity contribution in [2.75, 3.05) is 18.6 Å². The molecule has 2 N–H and O–H groups in total. The molecule has 0 fully saturated rings. The zero-order chi connectivity index (χ0) is 25.5. The fraction of sp³-hybridized carbons (Fsp3) is 0.929. The Morgan fingerprint density at radius 2 is 1.21 bits per heavy atom. The van der Waals surface area contributed by atoms with E-state index in [0.717, 1.165) is 18.6 Å². The zero-order valence-electron chi connectivity index (χ0n) is 23.1. The summed E-state index contributed by atoms with van der Waals surface area (Å²) in [5.74, 6) is 0.702. The molecule has 0 rings (SSSR count). The number of amides is 2. The number of hydrogen-bond donors (Lipinski definition) is 2. The highest BCUT2D eigenvalue weighted by molar-refractivity contribution is 7.98. The normalized spacial score (nSPS) is 12.4. The Balaban J connectivity index is 3.68. The van der Waals surface area contributed by atoms with Crippen molar-refractivity contribution in [3.63, 3.8) is 0 Å². The minimum Gasteiger partial charge on any atom is -0.444 e. The number of hydrogen-bond acceptors (Lipinski definition) is 4. The number of thioether (sulfide) groups is 1. The van der Waals surface area contributed by atoms with Gasteiger partial charge in [0.1, 0.15) is 11.6 Å². The number of carbonyl (C=O) groups excluding carboxylic acids is 2. The van der Waals surface area contributed by atoms with E-state index in [0.29, 0.717) is 13.0 Å². The van der Waals surface area contributed by atoms with Gasteiger partial charge in [-0.25, -0.2) is 4.79 Å². The average molecular weight is 501 g/mol. The van der Waals surface area contributed by atoms with Gasteiger partial charge >= 0.3 is 6.09 Å². The standard InChI is InChI=1S/C28H56N2O3S/c1-6-7-8-9-10-11-12-13-14-15-16-17-18-19-20-21-23-29-26(31)25(22-24-34-5)30-27(32)33-28(2,3)4/h25H,6-24H2,1-5H3,(H,29,31)(H,30,32). The summed E-state index contributed by atoms with van der Waals surface area (Å²) in [6, 6.07) is -0.539. The first-order chi connectivity index (χ1) is 16.3. The first-order valence-corrected chi connectivity index (χ1v) is 15.5. The Labute approximate surface area is 215 Å². The van der Waals surface area contributed by atoms with Gasteiger partial charge in [-0.15, -0.1) is 0 Å². The highest BCUT2D eigenvalue weighted by Crippen LogP contribution is 2.14. The third-order valence-electron chi connectivity index (χ3n) is 5.95. The lowest BCUT2D eigenvalue weighted by atomic mass is 10.0. The summed E-state index contributed by atoms with van der Waals surface area (Å²) in [4.78, 5) is 24.6. The second-order valence-corrected chi connectivity index (χ2v) is 11.6. The molecule has 0 heterocycles. The van der Waals surface area contributed by atoms with Crippen molar-refractivity contribution in [1.29, 1.82) is 0 Å². The minimum absolute atomic E-state index is 0.110. The van der Waals surface area contributed by atoms with Crippen molar-refractivity contribution < 1.29 is 14.3 Å². The van der Waals surface area contributed by atoms with Crippen LogP contribution in [0, 0.1) is 0 Å². The Morgan fingerprint density at radius 1 is 0.765 bits per heavy atom. The lowest BCUT2D eigenvalue weighted by Gasteiger charge is -2.23. The lowest BCUT2D eigenvalue weighted by Crippen LogP contribution is -2.48. The Hall–Kier alpha value is -0.910. The van der Waals surface area contributed by atoms with E-state index in [9.17, 15) is 9.59 Å². The zero-order valence-corrected chi connectivity index (χ0v) is 24.0. The predicted molar refractivity (Wildman–Crippen MR) is 149 cm³/mol. The molecule has 0 spiro atoms. The molecule has 2 amide bonds. The Morgan fingerprint density at radius 3 is 1.62 bits per heavy atom. The summed E-state index contributed by atoms with van der Waals surface area (Å²) >= 11 is 1.67. The van der Waals surface area contributed by atoms with Crippen LogP contribution in [0.4, 0.5) is 4.79 Å². The van der Waals surface area contributed by atoms with Gasteiger partial charge in [0.15, 0.2) is 0 Å². The van der Waals surface area contributed by atoms with Crippen LogP contribution in [0.15, 0.2) is 0 Å². The van der Waals surface area contributed by atoms with Crippen LogP contribution in [-0.4, -0.2) is 42.2 Å². The van der Waals surface area contributed by atoms with Gasteiger partial charge in [0.05, 0.1) is 0 Å². The van der Waals surface area contributed by atoms with Crippen LogP contribution >= 0.6 is 11.8 Å². The molecule has 0 aliphatic heterocycles. The van der Waals surface area contributed by atoms with Gasteiger partial charge in [-0.3, -0.25) is 4.79 Å². The smallest absolute Gasteiger partial charge is 0.408 e. The summed E-state index contributed by atoms with van der Waals surface area (Å²) in [7, 11) is 0. The monoisotopic (exact) mass is 500 g/mol. The van der Waals surface area contributed by atoms with Crippen molar-refractivity contribution in [3.8, 4) is 0 Å². The van der Waals surface area contributed by atoms with Crippen molar-refractivity contribution in [2.45, 2.75) is 148 Å². The molecule has 1 atom stereocenters. The number of ether oxygens (including phenoxy) is 1. The third-order valence-corrected chi connectivity index (χ3v) is 6.59. The van der Waals surface area contributed by atoms with Gasteiger partial charge in [-0.05, 0) is 45.6 Å². The predicted octanol–water partition coefficient (Wildman–Crippen LogP) is 8.01. The fourth-order valence-corrected chi connectivity index (χ4v) is 4.43. The molecule has 0 radical (unpaired) electrons. The van der Waals surface area contributed by atoms with Crippen molar-refractivity contribution >= 4 is 23.8 Å². The second kappa shape index (κ2) is 22.5. The van der Waals surface area contributed by atoms with Crippen LogP contribution in [0.1, 0.15) is 137 Å². The van der Waals surface area contributed by atoms with E-state index in [1.165, 1.54) is 89.9 Å². The molecule has 0 aliphatic rings. The number of alkyl carbamates (subject to hydrolysis) is 1. The number of rotatable bonds is 22. The highest BCUT2D eigenvalue weighted by Gasteiger charge is 2.23. The molecular formula is C28H56N2O3S. The molecule has 6 heteroatoms. The number of nitrogens with one attached hydrogen (secondary N) is 2. The van der Waals surface area contributed by atoms with Gasteiger partial charge in [-0.2, -0.15) is 11.8 Å². The molecule has 5 nitrogen and oxygen atoms in total. The maximum absolute atomic E-state index is 12.5. The summed E-state index contributed by atoms with van der Waals surface area (Å²) < 4.78 is 5.30. The van der Waals surface area contributed by atoms with Crippen LogP contribution in [0.3, 0.4) is 0 Å². The average Bonchev–Trinajstić information content (AvgIpc) is 2.77. The Bertz CT molecular complexity index is 495. The molecule has 0 aromatic heterocycles. The minimum atomic E-state index is -0.571. The molecule has 0 aromatic rings. The van der Waals surface area contributed by atoms with E-state index in [1.807, 2.05) is 27.0 Å². The van der Waals surface area contributed by atoms with Gasteiger partial charge in [0.25, 0.3) is 0 Å². The molecule has 34 heavy (non-hydrogen) atoms. The number of unbranched alkanes of at least 4 members (excludes halogenated alkanes) is 15. The van der Waals surface area contributed by atoms with Gasteiger partial charge in [-0.1, -0.05) is 103 Å². The molecule has 0 bridgehead atoms. The lowest BCUT2D eigenvalue weighted by molar-refractivity contribution is -0.123. The van der Waals surface area contributed by atoms with E-state index >= 15 is 0 Å². The first-order valence-electron chi connectivity index (χ1n) is 14.1. The van der Waals surface area contributed by atoms with Gasteiger partial charge in [0.2, 0.25) is 5.91 Å². The third kappa shape index (κ3) is 22.9. The van der Waals surface area contributed by atoms with Crippen LogP contribution < -0.4 is 10.6 Å². The van der Waals surface area contributed by atoms with Crippen LogP contribution in [0.5, 0.6) is 0 Å². The van der Waals surface area contributed by atoms with E-state index in [-0.39, 0.29) is 5.91 Å². The quantitative estimate of drug-likeness (QED) is 0.148. The largest absolute Gasteiger partial charge is 0.444 e. The van der Waals surface area contributed by atoms with Gasteiger partial charge < -0.3 is 15.4 Å². The topological polar surface area (TPSA) is 67.4 Å². The Kier molecular flexibility index (Phi) is 21.9. The van der Waals surface area contributed by atoms with E-state index in [4.69, 9.17) is 4.74 Å². The van der Waals surface area contributed by atoms with E-state index in [2.05, 4.69) is 17.6 Å². The van der Waals surface area contributed by atoms with E-state index in [1.54, 1.807) is 11.8 Å². The second-order valence-electron chi connectivity index (χ2n) is 10.6. The van der Waals surface area contributed by atoms with Crippen LogP contribution in [0.25, 0.3) is 0 Å². The molecule has 202 valence electrons. The molecule has 1 unspecified atom stereocenters. The molecular weight excluding hydrogens is 444 g/mol.